The second-order valence-electron chi connectivity index (χ2n) is 6.64. The Morgan fingerprint density at radius 3 is 2.65 bits per heavy atom. The molecule has 126 valence electrons. The van der Waals surface area contributed by atoms with E-state index in [2.05, 4.69) is 5.32 Å². The molecule has 1 atom stereocenters. The first-order chi connectivity index (χ1) is 11.1. The second kappa shape index (κ2) is 7.91. The molecular formula is C18H25ClN2OS. The Morgan fingerprint density at radius 1 is 1.30 bits per heavy atom. The van der Waals surface area contributed by atoms with Crippen LogP contribution in [-0.2, 0) is 4.79 Å². The number of piperidine rings is 1. The third-order valence-electron chi connectivity index (χ3n) is 4.69. The van der Waals surface area contributed by atoms with E-state index in [0.29, 0.717) is 6.04 Å². The Bertz CT molecular complexity index is 542. The molecule has 23 heavy (non-hydrogen) atoms. The highest BCUT2D eigenvalue weighted by Crippen LogP contribution is 2.31. The van der Waals surface area contributed by atoms with E-state index in [4.69, 9.17) is 11.6 Å². The van der Waals surface area contributed by atoms with Crippen LogP contribution in [0.3, 0.4) is 0 Å². The Kier molecular flexibility index (Phi) is 5.89. The Balaban J connectivity index is 1.45. The molecule has 1 N–H and O–H groups in total. The maximum Gasteiger partial charge on any atom is 0.235 e. The van der Waals surface area contributed by atoms with E-state index in [1.165, 1.54) is 12.8 Å². The molecule has 1 amide bonds. The second-order valence-corrected chi connectivity index (χ2v) is 8.43. The van der Waals surface area contributed by atoms with Crippen LogP contribution in [0.15, 0.2) is 29.2 Å². The molecule has 3 rings (SSSR count). The summed E-state index contributed by atoms with van der Waals surface area (Å²) in [5.41, 5.74) is 0. The molecule has 1 saturated carbocycles. The minimum absolute atomic E-state index is 0.0918. The molecule has 1 aromatic rings. The van der Waals surface area contributed by atoms with Crippen LogP contribution in [0.1, 0.15) is 32.6 Å². The van der Waals surface area contributed by atoms with Gasteiger partial charge < -0.3 is 10.2 Å². The summed E-state index contributed by atoms with van der Waals surface area (Å²) in [7, 11) is 0. The summed E-state index contributed by atoms with van der Waals surface area (Å²) in [6.07, 6.45) is 4.92. The highest BCUT2D eigenvalue weighted by Gasteiger charge is 2.28. The number of rotatable bonds is 6. The average Bonchev–Trinajstić information content (AvgIpc) is 3.39. The van der Waals surface area contributed by atoms with E-state index in [1.54, 1.807) is 11.8 Å². The van der Waals surface area contributed by atoms with Crippen molar-refractivity contribution < 1.29 is 4.79 Å². The van der Waals surface area contributed by atoms with Crippen molar-refractivity contribution >= 4 is 29.3 Å². The van der Waals surface area contributed by atoms with Gasteiger partial charge in [0.15, 0.2) is 0 Å². The van der Waals surface area contributed by atoms with E-state index in [-0.39, 0.29) is 11.2 Å². The van der Waals surface area contributed by atoms with Crippen LogP contribution in [0, 0.1) is 5.92 Å². The molecule has 0 bridgehead atoms. The Labute approximate surface area is 148 Å². The first-order valence-corrected chi connectivity index (χ1v) is 9.82. The number of likely N-dealkylation sites (tertiary alicyclic amines) is 1. The van der Waals surface area contributed by atoms with Crippen LogP contribution in [0.2, 0.25) is 5.02 Å². The predicted molar refractivity (Wildman–Crippen MR) is 97.1 cm³/mol. The summed E-state index contributed by atoms with van der Waals surface area (Å²) < 4.78 is 0. The van der Waals surface area contributed by atoms with E-state index < -0.39 is 0 Å². The lowest BCUT2D eigenvalue weighted by atomic mass is 10.0. The Hall–Kier alpha value is -0.710. The summed E-state index contributed by atoms with van der Waals surface area (Å²) >= 11 is 7.75. The topological polar surface area (TPSA) is 32.3 Å². The summed E-state index contributed by atoms with van der Waals surface area (Å²) in [5, 5.41) is 4.29. The number of hydrogen-bond donors (Lipinski definition) is 1. The quantitative estimate of drug-likeness (QED) is 0.790. The van der Waals surface area contributed by atoms with E-state index >= 15 is 0 Å². The van der Waals surface area contributed by atoms with Crippen molar-refractivity contribution in [3.8, 4) is 0 Å². The monoisotopic (exact) mass is 352 g/mol. The SMILES string of the molecule is CC(Sc1ccccc1Cl)C(=O)N1CCC(NCC2CC2)CC1. The molecule has 3 nitrogen and oxygen atoms in total. The molecule has 1 aromatic carbocycles. The molecule has 5 heteroatoms. The van der Waals surface area contributed by atoms with Crippen LogP contribution in [-0.4, -0.2) is 41.7 Å². The van der Waals surface area contributed by atoms with Gasteiger partial charge >= 0.3 is 0 Å². The minimum Gasteiger partial charge on any atom is -0.342 e. The summed E-state index contributed by atoms with van der Waals surface area (Å²) in [6.45, 7) is 4.88. The number of nitrogens with one attached hydrogen (secondary N) is 1. The fourth-order valence-corrected chi connectivity index (χ4v) is 4.24. The lowest BCUT2D eigenvalue weighted by molar-refractivity contribution is -0.131. The Morgan fingerprint density at radius 2 is 2.00 bits per heavy atom. The van der Waals surface area contributed by atoms with E-state index in [9.17, 15) is 4.79 Å². The number of hydrogen-bond acceptors (Lipinski definition) is 3. The first kappa shape index (κ1) is 17.1. The molecule has 0 aromatic heterocycles. The molecule has 1 saturated heterocycles. The first-order valence-electron chi connectivity index (χ1n) is 8.57. The van der Waals surface area contributed by atoms with Gasteiger partial charge in [-0.15, -0.1) is 11.8 Å². The van der Waals surface area contributed by atoms with Gasteiger partial charge in [-0.25, -0.2) is 0 Å². The van der Waals surface area contributed by atoms with Gasteiger partial charge in [-0.2, -0.15) is 0 Å². The summed E-state index contributed by atoms with van der Waals surface area (Å²) in [6, 6.07) is 8.31. The highest BCUT2D eigenvalue weighted by molar-refractivity contribution is 8.00. The number of halogens is 1. The summed E-state index contributed by atoms with van der Waals surface area (Å²) in [5.74, 6) is 1.15. The van der Waals surface area contributed by atoms with Crippen LogP contribution in [0.4, 0.5) is 0 Å². The van der Waals surface area contributed by atoms with Gasteiger partial charge in [0.2, 0.25) is 5.91 Å². The van der Waals surface area contributed by atoms with Crippen LogP contribution >= 0.6 is 23.4 Å². The molecule has 0 spiro atoms. The highest BCUT2D eigenvalue weighted by atomic mass is 35.5. The third-order valence-corrected chi connectivity index (χ3v) is 6.29. The van der Waals surface area contributed by atoms with Gasteiger partial charge in [0.1, 0.15) is 0 Å². The van der Waals surface area contributed by atoms with Crippen molar-refractivity contribution in [3.63, 3.8) is 0 Å². The normalized spacial score (nSPS) is 20.5. The molecule has 1 aliphatic carbocycles. The van der Waals surface area contributed by atoms with Crippen LogP contribution in [0.25, 0.3) is 0 Å². The maximum absolute atomic E-state index is 12.6. The van der Waals surface area contributed by atoms with Gasteiger partial charge in [0, 0.05) is 24.0 Å². The number of nitrogens with zero attached hydrogens (tertiary/aromatic N) is 1. The fraction of sp³-hybridized carbons (Fsp3) is 0.611. The molecule has 2 fully saturated rings. The minimum atomic E-state index is -0.0918. The van der Waals surface area contributed by atoms with Gasteiger partial charge in [0.25, 0.3) is 0 Å². The zero-order chi connectivity index (χ0) is 16.2. The molecule has 2 aliphatic rings. The van der Waals surface area contributed by atoms with Crippen LogP contribution < -0.4 is 5.32 Å². The van der Waals surface area contributed by atoms with Gasteiger partial charge in [-0.1, -0.05) is 23.7 Å². The lowest BCUT2D eigenvalue weighted by Crippen LogP contribution is -2.47. The number of thioether (sulfide) groups is 1. The smallest absolute Gasteiger partial charge is 0.235 e. The third kappa shape index (κ3) is 4.88. The number of amides is 1. The lowest BCUT2D eigenvalue weighted by Gasteiger charge is -2.34. The maximum atomic E-state index is 12.6. The van der Waals surface area contributed by atoms with Crippen molar-refractivity contribution in [1.29, 1.82) is 0 Å². The van der Waals surface area contributed by atoms with Crippen molar-refractivity contribution in [1.82, 2.24) is 10.2 Å². The van der Waals surface area contributed by atoms with Gasteiger partial charge in [-0.05, 0) is 57.2 Å². The standard InChI is InChI=1S/C18H25ClN2OS/c1-13(23-17-5-3-2-4-16(17)19)18(22)21-10-8-15(9-11-21)20-12-14-6-7-14/h2-5,13-15,20H,6-12H2,1H3. The molecule has 1 heterocycles. The van der Waals surface area contributed by atoms with Crippen molar-refractivity contribution in [2.45, 2.75) is 48.8 Å². The molecular weight excluding hydrogens is 328 g/mol. The number of carbonyl (C=O) groups excluding carboxylic acids is 1. The fourth-order valence-electron chi connectivity index (χ4n) is 3.00. The molecule has 1 aliphatic heterocycles. The number of benzene rings is 1. The van der Waals surface area contributed by atoms with Crippen molar-refractivity contribution in [3.05, 3.63) is 29.3 Å². The molecule has 1 unspecified atom stereocenters. The van der Waals surface area contributed by atoms with Gasteiger partial charge in [0.05, 0.1) is 10.3 Å². The largest absolute Gasteiger partial charge is 0.342 e. The predicted octanol–water partition coefficient (Wildman–Crippen LogP) is 3.81. The zero-order valence-corrected chi connectivity index (χ0v) is 15.2. The van der Waals surface area contributed by atoms with Crippen LogP contribution in [0.5, 0.6) is 0 Å². The van der Waals surface area contributed by atoms with Crippen molar-refractivity contribution in [2.24, 2.45) is 5.92 Å². The zero-order valence-electron chi connectivity index (χ0n) is 13.6. The van der Waals surface area contributed by atoms with E-state index in [0.717, 1.165) is 48.3 Å². The molecule has 0 radical (unpaired) electrons. The number of carbonyl (C=O) groups is 1. The van der Waals surface area contributed by atoms with Crippen molar-refractivity contribution in [2.75, 3.05) is 19.6 Å². The van der Waals surface area contributed by atoms with E-state index in [1.807, 2.05) is 36.1 Å². The van der Waals surface area contributed by atoms with Gasteiger partial charge in [-0.3, -0.25) is 4.79 Å². The summed E-state index contributed by atoms with van der Waals surface area (Å²) in [4.78, 5) is 15.6. The average molecular weight is 353 g/mol.